The lowest BCUT2D eigenvalue weighted by atomic mass is 10.2. The molecule has 17 heavy (non-hydrogen) atoms. The third-order valence-electron chi connectivity index (χ3n) is 2.87. The molecule has 0 unspecified atom stereocenters. The quantitative estimate of drug-likeness (QED) is 0.875. The Bertz CT molecular complexity index is 526. The summed E-state index contributed by atoms with van der Waals surface area (Å²) in [6, 6.07) is 1.64. The van der Waals surface area contributed by atoms with Crippen LogP contribution in [0.3, 0.4) is 0 Å². The van der Waals surface area contributed by atoms with Crippen LogP contribution in [0.5, 0.6) is 0 Å². The number of furan rings is 1. The molecule has 0 spiro atoms. The number of carbonyl (C=O) groups excluding carboxylic acids is 1. The average Bonchev–Trinajstić information content (AvgIpc) is 2.88. The zero-order valence-electron chi connectivity index (χ0n) is 10.2. The topological polar surface area (TPSA) is 60.1 Å². The summed E-state index contributed by atoms with van der Waals surface area (Å²) in [5.74, 6) is -0.138. The van der Waals surface area contributed by atoms with E-state index in [0.717, 1.165) is 17.0 Å². The van der Waals surface area contributed by atoms with Crippen LogP contribution in [0.2, 0.25) is 0 Å². The van der Waals surface area contributed by atoms with Gasteiger partial charge in [-0.25, -0.2) is 0 Å². The first kappa shape index (κ1) is 11.4. The number of carbonyl (C=O) groups is 1. The zero-order valence-corrected chi connectivity index (χ0v) is 10.2. The molecular formula is C12H15N3O2. The molecule has 5 heteroatoms. The molecule has 2 aromatic rings. The number of nitrogens with zero attached hydrogens (tertiary/aromatic N) is 2. The summed E-state index contributed by atoms with van der Waals surface area (Å²) in [4.78, 5) is 11.7. The highest BCUT2D eigenvalue weighted by molar-refractivity contribution is 5.93. The third kappa shape index (κ3) is 2.22. The summed E-state index contributed by atoms with van der Waals surface area (Å²) in [5, 5.41) is 7.14. The van der Waals surface area contributed by atoms with Crippen LogP contribution in [0.1, 0.15) is 27.3 Å². The van der Waals surface area contributed by atoms with Gasteiger partial charge in [-0.2, -0.15) is 5.10 Å². The van der Waals surface area contributed by atoms with Crippen LogP contribution >= 0.6 is 0 Å². The first-order valence-corrected chi connectivity index (χ1v) is 5.39. The van der Waals surface area contributed by atoms with Gasteiger partial charge in [-0.3, -0.25) is 9.48 Å². The van der Waals surface area contributed by atoms with Crippen LogP contribution < -0.4 is 5.32 Å². The Morgan fingerprint density at radius 2 is 2.29 bits per heavy atom. The molecule has 0 aliphatic carbocycles. The normalized spacial score (nSPS) is 10.5. The second-order valence-corrected chi connectivity index (χ2v) is 3.97. The number of nitrogens with one attached hydrogen (secondary N) is 1. The molecule has 2 heterocycles. The van der Waals surface area contributed by atoms with Gasteiger partial charge in [-0.1, -0.05) is 0 Å². The third-order valence-corrected chi connectivity index (χ3v) is 2.87. The summed E-state index contributed by atoms with van der Waals surface area (Å²) in [5.41, 5.74) is 3.60. The molecule has 0 bridgehead atoms. The minimum atomic E-state index is -0.138. The number of aromatic nitrogens is 2. The Balaban J connectivity index is 2.05. The Labute approximate surface area is 99.4 Å². The second kappa shape index (κ2) is 4.45. The van der Waals surface area contributed by atoms with Gasteiger partial charge in [0.25, 0.3) is 5.91 Å². The maximum absolute atomic E-state index is 11.7. The van der Waals surface area contributed by atoms with Gasteiger partial charge < -0.3 is 9.73 Å². The Morgan fingerprint density at radius 3 is 2.82 bits per heavy atom. The smallest absolute Gasteiger partial charge is 0.254 e. The highest BCUT2D eigenvalue weighted by Crippen LogP contribution is 2.11. The van der Waals surface area contributed by atoms with Crippen molar-refractivity contribution in [2.24, 2.45) is 7.05 Å². The minimum absolute atomic E-state index is 0.138. The van der Waals surface area contributed by atoms with Crippen LogP contribution in [-0.4, -0.2) is 15.7 Å². The SMILES string of the molecule is Cc1nn(C)c(C)c1CNC(=O)c1ccoc1. The van der Waals surface area contributed by atoms with E-state index in [0.29, 0.717) is 12.1 Å². The molecule has 0 aliphatic rings. The molecule has 1 amide bonds. The van der Waals surface area contributed by atoms with Gasteiger partial charge in [0.1, 0.15) is 6.26 Å². The van der Waals surface area contributed by atoms with Gasteiger partial charge in [-0.05, 0) is 19.9 Å². The van der Waals surface area contributed by atoms with Crippen molar-refractivity contribution in [1.29, 1.82) is 0 Å². The first-order chi connectivity index (χ1) is 8.09. The molecule has 90 valence electrons. The standard InChI is InChI=1S/C12H15N3O2/c1-8-11(9(2)15(3)14-8)6-13-12(16)10-4-5-17-7-10/h4-5,7H,6H2,1-3H3,(H,13,16). The molecule has 0 aliphatic heterocycles. The van der Waals surface area contributed by atoms with E-state index in [1.54, 1.807) is 6.07 Å². The van der Waals surface area contributed by atoms with Gasteiger partial charge in [-0.15, -0.1) is 0 Å². The molecule has 1 N–H and O–H groups in total. The van der Waals surface area contributed by atoms with Gasteiger partial charge in [0, 0.05) is 24.8 Å². The molecule has 5 nitrogen and oxygen atoms in total. The molecule has 2 rings (SSSR count). The largest absolute Gasteiger partial charge is 0.472 e. The van der Waals surface area contributed by atoms with E-state index in [2.05, 4.69) is 10.4 Å². The molecule has 0 saturated carbocycles. The predicted octanol–water partition coefficient (Wildman–Crippen LogP) is 1.56. The Morgan fingerprint density at radius 1 is 1.53 bits per heavy atom. The van der Waals surface area contributed by atoms with Crippen molar-refractivity contribution in [3.63, 3.8) is 0 Å². The molecule has 0 atom stereocenters. The lowest BCUT2D eigenvalue weighted by Gasteiger charge is -2.04. The highest BCUT2D eigenvalue weighted by atomic mass is 16.3. The molecule has 0 saturated heterocycles. The first-order valence-electron chi connectivity index (χ1n) is 5.39. The van der Waals surface area contributed by atoms with Crippen molar-refractivity contribution >= 4 is 5.91 Å². The number of amides is 1. The monoisotopic (exact) mass is 233 g/mol. The predicted molar refractivity (Wildman–Crippen MR) is 62.6 cm³/mol. The van der Waals surface area contributed by atoms with Crippen LogP contribution in [0.15, 0.2) is 23.0 Å². The zero-order chi connectivity index (χ0) is 12.4. The molecule has 0 aromatic carbocycles. The lowest BCUT2D eigenvalue weighted by Crippen LogP contribution is -2.22. The fraction of sp³-hybridized carbons (Fsp3) is 0.333. The summed E-state index contributed by atoms with van der Waals surface area (Å²) >= 11 is 0. The van der Waals surface area contributed by atoms with E-state index < -0.39 is 0 Å². The van der Waals surface area contributed by atoms with Gasteiger partial charge in [0.05, 0.1) is 17.5 Å². The van der Waals surface area contributed by atoms with Crippen LogP contribution in [0, 0.1) is 13.8 Å². The number of aryl methyl sites for hydroxylation is 2. The molecule has 0 radical (unpaired) electrons. The number of hydrogen-bond donors (Lipinski definition) is 1. The fourth-order valence-corrected chi connectivity index (χ4v) is 1.74. The Hall–Kier alpha value is -2.04. The highest BCUT2D eigenvalue weighted by Gasteiger charge is 2.11. The maximum Gasteiger partial charge on any atom is 0.254 e. The van der Waals surface area contributed by atoms with Crippen LogP contribution in [0.4, 0.5) is 0 Å². The second-order valence-electron chi connectivity index (χ2n) is 3.97. The summed E-state index contributed by atoms with van der Waals surface area (Å²) < 4.78 is 6.68. The van der Waals surface area contributed by atoms with Gasteiger partial charge in [0.2, 0.25) is 0 Å². The molecule has 0 fully saturated rings. The van der Waals surface area contributed by atoms with E-state index in [-0.39, 0.29) is 5.91 Å². The average molecular weight is 233 g/mol. The van der Waals surface area contributed by atoms with Crippen molar-refractivity contribution in [3.05, 3.63) is 41.1 Å². The lowest BCUT2D eigenvalue weighted by molar-refractivity contribution is 0.0950. The number of hydrogen-bond acceptors (Lipinski definition) is 3. The van der Waals surface area contributed by atoms with Gasteiger partial charge >= 0.3 is 0 Å². The molecular weight excluding hydrogens is 218 g/mol. The van der Waals surface area contributed by atoms with Gasteiger partial charge in [0.15, 0.2) is 0 Å². The van der Waals surface area contributed by atoms with E-state index in [9.17, 15) is 4.79 Å². The maximum atomic E-state index is 11.7. The van der Waals surface area contributed by atoms with Crippen molar-refractivity contribution < 1.29 is 9.21 Å². The number of rotatable bonds is 3. The fourth-order valence-electron chi connectivity index (χ4n) is 1.74. The summed E-state index contributed by atoms with van der Waals surface area (Å²) in [7, 11) is 1.89. The van der Waals surface area contributed by atoms with E-state index in [1.807, 2.05) is 25.6 Å². The van der Waals surface area contributed by atoms with Crippen molar-refractivity contribution in [3.8, 4) is 0 Å². The summed E-state index contributed by atoms with van der Waals surface area (Å²) in [6.45, 7) is 4.40. The summed E-state index contributed by atoms with van der Waals surface area (Å²) in [6.07, 6.45) is 2.91. The van der Waals surface area contributed by atoms with Crippen LogP contribution in [-0.2, 0) is 13.6 Å². The minimum Gasteiger partial charge on any atom is -0.472 e. The molecule has 2 aromatic heterocycles. The van der Waals surface area contributed by atoms with E-state index >= 15 is 0 Å². The van der Waals surface area contributed by atoms with E-state index in [4.69, 9.17) is 4.42 Å². The Kier molecular flexibility index (Phi) is 2.99. The van der Waals surface area contributed by atoms with Crippen molar-refractivity contribution in [1.82, 2.24) is 15.1 Å². The van der Waals surface area contributed by atoms with Crippen molar-refractivity contribution in [2.45, 2.75) is 20.4 Å². The van der Waals surface area contributed by atoms with Crippen LogP contribution in [0.25, 0.3) is 0 Å². The van der Waals surface area contributed by atoms with E-state index in [1.165, 1.54) is 12.5 Å². The van der Waals surface area contributed by atoms with Crippen molar-refractivity contribution in [2.75, 3.05) is 0 Å².